The van der Waals surface area contributed by atoms with Gasteiger partial charge in [-0.05, 0) is 37.1 Å². The molecule has 0 fully saturated rings. The van der Waals surface area contributed by atoms with Crippen molar-refractivity contribution in [3.05, 3.63) is 35.6 Å². The summed E-state index contributed by atoms with van der Waals surface area (Å²) < 4.78 is 12.7. The predicted octanol–water partition coefficient (Wildman–Crippen LogP) is 1.77. The van der Waals surface area contributed by atoms with Crippen LogP contribution in [0.1, 0.15) is 32.3 Å². The normalized spacial score (nSPS) is 11.5. The molecular formula is C14H20FN3O2. The SMILES string of the molecule is CCC(CC)NC(=O)CO/N=C(\N)c1ccc(F)cc1. The number of hydrogen-bond acceptors (Lipinski definition) is 3. The molecule has 110 valence electrons. The van der Waals surface area contributed by atoms with Gasteiger partial charge < -0.3 is 15.9 Å². The fourth-order valence-corrected chi connectivity index (χ4v) is 1.60. The van der Waals surface area contributed by atoms with Gasteiger partial charge in [-0.1, -0.05) is 19.0 Å². The number of rotatable bonds is 7. The van der Waals surface area contributed by atoms with Crippen LogP contribution < -0.4 is 11.1 Å². The number of nitrogens with one attached hydrogen (secondary N) is 1. The number of benzene rings is 1. The third-order valence-corrected chi connectivity index (χ3v) is 2.85. The van der Waals surface area contributed by atoms with E-state index < -0.39 is 0 Å². The molecule has 0 heterocycles. The zero-order valence-electron chi connectivity index (χ0n) is 11.7. The van der Waals surface area contributed by atoms with Crippen LogP contribution in [0.25, 0.3) is 0 Å². The Morgan fingerprint density at radius 1 is 1.35 bits per heavy atom. The Hall–Kier alpha value is -2.11. The van der Waals surface area contributed by atoms with Crippen molar-refractivity contribution in [2.24, 2.45) is 10.9 Å². The first-order chi connectivity index (χ1) is 9.56. The van der Waals surface area contributed by atoms with E-state index in [1.807, 2.05) is 13.8 Å². The van der Waals surface area contributed by atoms with E-state index in [1.165, 1.54) is 24.3 Å². The maximum Gasteiger partial charge on any atom is 0.260 e. The second-order valence-corrected chi connectivity index (χ2v) is 4.34. The highest BCUT2D eigenvalue weighted by Gasteiger charge is 2.08. The standard InChI is InChI=1S/C14H20FN3O2/c1-3-12(4-2)17-13(19)9-20-18-14(16)10-5-7-11(15)8-6-10/h5-8,12H,3-4,9H2,1-2H3,(H2,16,18)(H,17,19). The summed E-state index contributed by atoms with van der Waals surface area (Å²) in [5.41, 5.74) is 6.19. The topological polar surface area (TPSA) is 76.7 Å². The molecule has 0 bridgehead atoms. The van der Waals surface area contributed by atoms with E-state index in [1.54, 1.807) is 0 Å². The van der Waals surface area contributed by atoms with Crippen molar-refractivity contribution < 1.29 is 14.0 Å². The number of amides is 1. The van der Waals surface area contributed by atoms with E-state index in [0.29, 0.717) is 5.56 Å². The van der Waals surface area contributed by atoms with Crippen LogP contribution in [-0.2, 0) is 9.63 Å². The lowest BCUT2D eigenvalue weighted by Crippen LogP contribution is -2.36. The molecule has 20 heavy (non-hydrogen) atoms. The van der Waals surface area contributed by atoms with E-state index in [0.717, 1.165) is 12.8 Å². The average Bonchev–Trinajstić information content (AvgIpc) is 2.45. The molecule has 1 aromatic rings. The first-order valence-corrected chi connectivity index (χ1v) is 6.57. The van der Waals surface area contributed by atoms with Crippen molar-refractivity contribution in [3.63, 3.8) is 0 Å². The highest BCUT2D eigenvalue weighted by atomic mass is 19.1. The van der Waals surface area contributed by atoms with Crippen LogP contribution in [0, 0.1) is 5.82 Å². The lowest BCUT2D eigenvalue weighted by molar-refractivity contribution is -0.126. The van der Waals surface area contributed by atoms with Crippen LogP contribution in [0.15, 0.2) is 29.4 Å². The van der Waals surface area contributed by atoms with E-state index in [9.17, 15) is 9.18 Å². The number of hydrogen-bond donors (Lipinski definition) is 2. The number of carbonyl (C=O) groups excluding carboxylic acids is 1. The average molecular weight is 281 g/mol. The molecule has 1 amide bonds. The number of amidine groups is 1. The van der Waals surface area contributed by atoms with Crippen molar-refractivity contribution in [1.29, 1.82) is 0 Å². The summed E-state index contributed by atoms with van der Waals surface area (Å²) in [6, 6.07) is 5.67. The van der Waals surface area contributed by atoms with Gasteiger partial charge in [-0.15, -0.1) is 0 Å². The smallest absolute Gasteiger partial charge is 0.260 e. The zero-order valence-corrected chi connectivity index (χ0v) is 11.7. The van der Waals surface area contributed by atoms with Crippen molar-refractivity contribution >= 4 is 11.7 Å². The van der Waals surface area contributed by atoms with Crippen LogP contribution in [0.3, 0.4) is 0 Å². The Morgan fingerprint density at radius 2 is 1.95 bits per heavy atom. The molecule has 0 radical (unpaired) electrons. The van der Waals surface area contributed by atoms with E-state index in [-0.39, 0.29) is 30.2 Å². The first kappa shape index (κ1) is 15.9. The van der Waals surface area contributed by atoms with Gasteiger partial charge in [0.1, 0.15) is 5.82 Å². The molecule has 0 saturated carbocycles. The number of carbonyl (C=O) groups is 1. The molecule has 0 aliphatic carbocycles. The highest BCUT2D eigenvalue weighted by molar-refractivity contribution is 5.97. The molecular weight excluding hydrogens is 261 g/mol. The van der Waals surface area contributed by atoms with Gasteiger partial charge in [0.2, 0.25) is 0 Å². The first-order valence-electron chi connectivity index (χ1n) is 6.57. The molecule has 1 aromatic carbocycles. The highest BCUT2D eigenvalue weighted by Crippen LogP contribution is 2.02. The Labute approximate surface area is 118 Å². The van der Waals surface area contributed by atoms with Crippen molar-refractivity contribution in [2.75, 3.05) is 6.61 Å². The molecule has 0 unspecified atom stereocenters. The van der Waals surface area contributed by atoms with Crippen molar-refractivity contribution in [3.8, 4) is 0 Å². The Kier molecular flexibility index (Phi) is 6.49. The van der Waals surface area contributed by atoms with Crippen LogP contribution >= 0.6 is 0 Å². The summed E-state index contributed by atoms with van der Waals surface area (Å²) in [6.07, 6.45) is 1.73. The van der Waals surface area contributed by atoms with Crippen LogP contribution in [-0.4, -0.2) is 24.4 Å². The molecule has 6 heteroatoms. The van der Waals surface area contributed by atoms with Gasteiger partial charge in [0.25, 0.3) is 5.91 Å². The lowest BCUT2D eigenvalue weighted by Gasteiger charge is -2.13. The Bertz CT molecular complexity index is 456. The number of nitrogens with zero attached hydrogens (tertiary/aromatic N) is 1. The number of oxime groups is 1. The molecule has 5 nitrogen and oxygen atoms in total. The maximum absolute atomic E-state index is 12.7. The van der Waals surface area contributed by atoms with E-state index in [4.69, 9.17) is 10.6 Å². The molecule has 0 atom stereocenters. The lowest BCUT2D eigenvalue weighted by atomic mass is 10.2. The minimum absolute atomic E-state index is 0.0975. The van der Waals surface area contributed by atoms with Gasteiger partial charge >= 0.3 is 0 Å². The van der Waals surface area contributed by atoms with Gasteiger partial charge in [-0.25, -0.2) is 4.39 Å². The van der Waals surface area contributed by atoms with Crippen molar-refractivity contribution in [1.82, 2.24) is 5.32 Å². The summed E-state index contributed by atoms with van der Waals surface area (Å²) in [5, 5.41) is 6.45. The van der Waals surface area contributed by atoms with Gasteiger partial charge in [0, 0.05) is 11.6 Å². The summed E-state index contributed by atoms with van der Waals surface area (Å²) >= 11 is 0. The minimum Gasteiger partial charge on any atom is -0.384 e. The molecule has 0 aromatic heterocycles. The van der Waals surface area contributed by atoms with Gasteiger partial charge in [-0.3, -0.25) is 4.79 Å². The van der Waals surface area contributed by atoms with Crippen LogP contribution in [0.4, 0.5) is 4.39 Å². The van der Waals surface area contributed by atoms with Gasteiger partial charge in [-0.2, -0.15) is 0 Å². The summed E-state index contributed by atoms with van der Waals surface area (Å²) in [6.45, 7) is 3.80. The zero-order chi connectivity index (χ0) is 15.0. The largest absolute Gasteiger partial charge is 0.384 e. The second kappa shape index (κ2) is 8.14. The summed E-state index contributed by atoms with van der Waals surface area (Å²) in [4.78, 5) is 16.4. The monoisotopic (exact) mass is 281 g/mol. The fraction of sp³-hybridized carbons (Fsp3) is 0.429. The Morgan fingerprint density at radius 3 is 2.50 bits per heavy atom. The van der Waals surface area contributed by atoms with E-state index in [2.05, 4.69) is 10.5 Å². The molecule has 0 aliphatic rings. The summed E-state index contributed by atoms with van der Waals surface area (Å²) in [7, 11) is 0. The molecule has 0 saturated heterocycles. The number of nitrogens with two attached hydrogens (primary N) is 1. The van der Waals surface area contributed by atoms with Crippen LogP contribution in [0.2, 0.25) is 0 Å². The van der Waals surface area contributed by atoms with Crippen LogP contribution in [0.5, 0.6) is 0 Å². The third-order valence-electron chi connectivity index (χ3n) is 2.85. The predicted molar refractivity (Wildman–Crippen MR) is 75.6 cm³/mol. The van der Waals surface area contributed by atoms with Gasteiger partial charge in [0.15, 0.2) is 12.4 Å². The quantitative estimate of drug-likeness (QED) is 0.454. The van der Waals surface area contributed by atoms with E-state index >= 15 is 0 Å². The molecule has 3 N–H and O–H groups in total. The Balaban J connectivity index is 2.43. The molecule has 0 aliphatic heterocycles. The maximum atomic E-state index is 12.7. The second-order valence-electron chi connectivity index (χ2n) is 4.34. The van der Waals surface area contributed by atoms with Gasteiger partial charge in [0.05, 0.1) is 0 Å². The van der Waals surface area contributed by atoms with Crippen molar-refractivity contribution in [2.45, 2.75) is 32.7 Å². The molecule has 0 spiro atoms. The minimum atomic E-state index is -0.355. The number of halogens is 1. The summed E-state index contributed by atoms with van der Waals surface area (Å²) in [5.74, 6) is -0.498. The third kappa shape index (κ3) is 5.26. The molecule has 1 rings (SSSR count). The fourth-order valence-electron chi connectivity index (χ4n) is 1.60.